The zero-order chi connectivity index (χ0) is 12.7. The van der Waals surface area contributed by atoms with E-state index in [1.807, 2.05) is 6.92 Å². The SMILES string of the molecule is CCNc1cnccc1C(=O)N(C)CCOC. The number of hydrogen-bond donors (Lipinski definition) is 1. The van der Waals surface area contributed by atoms with Crippen molar-refractivity contribution in [3.05, 3.63) is 24.0 Å². The quantitative estimate of drug-likeness (QED) is 0.808. The minimum atomic E-state index is -0.0274. The van der Waals surface area contributed by atoms with Crippen molar-refractivity contribution in [3.63, 3.8) is 0 Å². The molecule has 0 aromatic carbocycles. The number of rotatable bonds is 6. The molecule has 17 heavy (non-hydrogen) atoms. The lowest BCUT2D eigenvalue weighted by atomic mass is 10.2. The topological polar surface area (TPSA) is 54.5 Å². The highest BCUT2D eigenvalue weighted by Gasteiger charge is 2.14. The number of hydrogen-bond acceptors (Lipinski definition) is 4. The van der Waals surface area contributed by atoms with E-state index in [1.54, 1.807) is 37.5 Å². The van der Waals surface area contributed by atoms with E-state index in [2.05, 4.69) is 10.3 Å². The van der Waals surface area contributed by atoms with Gasteiger partial charge in [-0.2, -0.15) is 0 Å². The number of carbonyl (C=O) groups is 1. The molecule has 0 fully saturated rings. The summed E-state index contributed by atoms with van der Waals surface area (Å²) in [5.74, 6) is -0.0274. The number of amides is 1. The Morgan fingerprint density at radius 1 is 1.59 bits per heavy atom. The van der Waals surface area contributed by atoms with Crippen LogP contribution in [0.15, 0.2) is 18.5 Å². The first kappa shape index (κ1) is 13.4. The summed E-state index contributed by atoms with van der Waals surface area (Å²) in [4.78, 5) is 17.8. The predicted molar refractivity (Wildman–Crippen MR) is 67.2 cm³/mol. The van der Waals surface area contributed by atoms with Crippen LogP contribution in [-0.2, 0) is 4.74 Å². The molecule has 1 aromatic rings. The van der Waals surface area contributed by atoms with E-state index in [4.69, 9.17) is 4.74 Å². The molecule has 1 rings (SSSR count). The number of methoxy groups -OCH3 is 1. The van der Waals surface area contributed by atoms with E-state index in [-0.39, 0.29) is 5.91 Å². The van der Waals surface area contributed by atoms with Gasteiger partial charge in [0, 0.05) is 33.4 Å². The Bertz CT molecular complexity index is 369. The monoisotopic (exact) mass is 237 g/mol. The first-order valence-electron chi connectivity index (χ1n) is 5.63. The first-order chi connectivity index (χ1) is 8.20. The van der Waals surface area contributed by atoms with Crippen LogP contribution in [-0.4, -0.2) is 49.6 Å². The molecule has 0 spiro atoms. The molecule has 0 aliphatic rings. The van der Waals surface area contributed by atoms with Gasteiger partial charge in [0.25, 0.3) is 5.91 Å². The van der Waals surface area contributed by atoms with Crippen LogP contribution in [0.2, 0.25) is 0 Å². The summed E-state index contributed by atoms with van der Waals surface area (Å²) < 4.78 is 4.95. The number of carbonyl (C=O) groups excluding carboxylic acids is 1. The summed E-state index contributed by atoms with van der Waals surface area (Å²) >= 11 is 0. The Hall–Kier alpha value is -1.62. The lowest BCUT2D eigenvalue weighted by Crippen LogP contribution is -2.30. The minimum absolute atomic E-state index is 0.0274. The summed E-state index contributed by atoms with van der Waals surface area (Å²) in [5, 5.41) is 3.13. The van der Waals surface area contributed by atoms with Crippen molar-refractivity contribution in [3.8, 4) is 0 Å². The molecule has 0 aliphatic carbocycles. The molecule has 5 nitrogen and oxygen atoms in total. The van der Waals surface area contributed by atoms with E-state index in [1.165, 1.54) is 0 Å². The van der Waals surface area contributed by atoms with Gasteiger partial charge in [-0.25, -0.2) is 0 Å². The molecular weight excluding hydrogens is 218 g/mol. The molecule has 1 aromatic heterocycles. The summed E-state index contributed by atoms with van der Waals surface area (Å²) in [6, 6.07) is 1.73. The molecule has 0 atom stereocenters. The summed E-state index contributed by atoms with van der Waals surface area (Å²) in [5.41, 5.74) is 1.41. The first-order valence-corrected chi connectivity index (χ1v) is 5.63. The second kappa shape index (κ2) is 6.85. The third kappa shape index (κ3) is 3.71. The fourth-order valence-corrected chi connectivity index (χ4v) is 1.45. The fourth-order valence-electron chi connectivity index (χ4n) is 1.45. The number of nitrogens with one attached hydrogen (secondary N) is 1. The van der Waals surface area contributed by atoms with Gasteiger partial charge >= 0.3 is 0 Å². The zero-order valence-corrected chi connectivity index (χ0v) is 10.6. The van der Waals surface area contributed by atoms with Gasteiger partial charge in [0.05, 0.1) is 24.1 Å². The van der Waals surface area contributed by atoms with E-state index in [0.29, 0.717) is 18.7 Å². The highest BCUT2D eigenvalue weighted by Crippen LogP contribution is 2.14. The third-order valence-electron chi connectivity index (χ3n) is 2.40. The Balaban J connectivity index is 2.80. The lowest BCUT2D eigenvalue weighted by molar-refractivity contribution is 0.0745. The summed E-state index contributed by atoms with van der Waals surface area (Å²) in [7, 11) is 3.38. The Labute approximate surface area is 102 Å². The largest absolute Gasteiger partial charge is 0.383 e. The molecule has 0 saturated heterocycles. The van der Waals surface area contributed by atoms with E-state index >= 15 is 0 Å². The molecule has 0 radical (unpaired) electrons. The number of ether oxygens (including phenoxy) is 1. The fraction of sp³-hybridized carbons (Fsp3) is 0.500. The molecule has 0 unspecified atom stereocenters. The predicted octanol–water partition coefficient (Wildman–Crippen LogP) is 1.23. The van der Waals surface area contributed by atoms with Crippen molar-refractivity contribution >= 4 is 11.6 Å². The molecule has 5 heteroatoms. The van der Waals surface area contributed by atoms with Gasteiger partial charge in [0.15, 0.2) is 0 Å². The molecule has 0 aliphatic heterocycles. The van der Waals surface area contributed by atoms with Crippen LogP contribution in [0.1, 0.15) is 17.3 Å². The maximum Gasteiger partial charge on any atom is 0.255 e. The maximum absolute atomic E-state index is 12.1. The molecule has 0 bridgehead atoms. The Morgan fingerprint density at radius 2 is 2.35 bits per heavy atom. The number of anilines is 1. The number of nitrogens with zero attached hydrogens (tertiary/aromatic N) is 2. The Kier molecular flexibility index (Phi) is 5.42. The average Bonchev–Trinajstić information content (AvgIpc) is 2.36. The standard InChI is InChI=1S/C12H19N3O2/c1-4-14-11-9-13-6-5-10(11)12(16)15(2)7-8-17-3/h5-6,9,14H,4,7-8H2,1-3H3. The van der Waals surface area contributed by atoms with Gasteiger partial charge in [0.2, 0.25) is 0 Å². The number of pyridine rings is 1. The Morgan fingerprint density at radius 3 is 3.00 bits per heavy atom. The van der Waals surface area contributed by atoms with Crippen LogP contribution < -0.4 is 5.32 Å². The van der Waals surface area contributed by atoms with Gasteiger partial charge in [0.1, 0.15) is 0 Å². The van der Waals surface area contributed by atoms with Crippen molar-refractivity contribution in [2.24, 2.45) is 0 Å². The highest BCUT2D eigenvalue weighted by atomic mass is 16.5. The van der Waals surface area contributed by atoms with E-state index in [9.17, 15) is 4.79 Å². The molecule has 1 N–H and O–H groups in total. The minimum Gasteiger partial charge on any atom is -0.383 e. The van der Waals surface area contributed by atoms with Crippen molar-refractivity contribution in [2.45, 2.75) is 6.92 Å². The summed E-state index contributed by atoms with van der Waals surface area (Å²) in [6.07, 6.45) is 3.29. The van der Waals surface area contributed by atoms with Crippen molar-refractivity contribution < 1.29 is 9.53 Å². The molecular formula is C12H19N3O2. The number of aromatic nitrogens is 1. The van der Waals surface area contributed by atoms with Crippen LogP contribution in [0.3, 0.4) is 0 Å². The lowest BCUT2D eigenvalue weighted by Gasteiger charge is -2.18. The van der Waals surface area contributed by atoms with Crippen LogP contribution in [0, 0.1) is 0 Å². The van der Waals surface area contributed by atoms with Crippen LogP contribution in [0.4, 0.5) is 5.69 Å². The van der Waals surface area contributed by atoms with Gasteiger partial charge in [-0.05, 0) is 13.0 Å². The number of likely N-dealkylation sites (N-methyl/N-ethyl adjacent to an activating group) is 1. The molecule has 1 amide bonds. The van der Waals surface area contributed by atoms with Crippen LogP contribution >= 0.6 is 0 Å². The van der Waals surface area contributed by atoms with Gasteiger partial charge < -0.3 is 15.0 Å². The van der Waals surface area contributed by atoms with Crippen LogP contribution in [0.5, 0.6) is 0 Å². The zero-order valence-electron chi connectivity index (χ0n) is 10.6. The maximum atomic E-state index is 12.1. The smallest absolute Gasteiger partial charge is 0.255 e. The third-order valence-corrected chi connectivity index (χ3v) is 2.40. The van der Waals surface area contributed by atoms with Crippen molar-refractivity contribution in [1.82, 2.24) is 9.88 Å². The average molecular weight is 237 g/mol. The van der Waals surface area contributed by atoms with Gasteiger partial charge in [-0.3, -0.25) is 9.78 Å². The van der Waals surface area contributed by atoms with Gasteiger partial charge in [-0.15, -0.1) is 0 Å². The second-order valence-electron chi connectivity index (χ2n) is 3.67. The highest BCUT2D eigenvalue weighted by molar-refractivity contribution is 5.99. The molecule has 1 heterocycles. The molecule has 0 saturated carbocycles. The van der Waals surface area contributed by atoms with E-state index in [0.717, 1.165) is 12.2 Å². The summed E-state index contributed by atoms with van der Waals surface area (Å²) in [6.45, 7) is 3.84. The van der Waals surface area contributed by atoms with Crippen LogP contribution in [0.25, 0.3) is 0 Å². The molecule has 94 valence electrons. The van der Waals surface area contributed by atoms with Crippen molar-refractivity contribution in [1.29, 1.82) is 0 Å². The van der Waals surface area contributed by atoms with Crippen molar-refractivity contribution in [2.75, 3.05) is 39.2 Å². The van der Waals surface area contributed by atoms with E-state index < -0.39 is 0 Å². The van der Waals surface area contributed by atoms with Gasteiger partial charge in [-0.1, -0.05) is 0 Å². The second-order valence-corrected chi connectivity index (χ2v) is 3.67. The normalized spacial score (nSPS) is 10.1.